The smallest absolute Gasteiger partial charge is 0.262 e. The molecule has 2 aromatic heterocycles. The summed E-state index contributed by atoms with van der Waals surface area (Å²) in [6.45, 7) is 2.01. The summed E-state index contributed by atoms with van der Waals surface area (Å²) in [5, 5.41) is 10.9. The summed E-state index contributed by atoms with van der Waals surface area (Å²) in [6, 6.07) is 5.53. The van der Waals surface area contributed by atoms with Gasteiger partial charge in [-0.05, 0) is 24.6 Å². The zero-order chi connectivity index (χ0) is 17.6. The highest BCUT2D eigenvalue weighted by atomic mass is 16.5. The van der Waals surface area contributed by atoms with Crippen molar-refractivity contribution in [1.82, 2.24) is 19.7 Å². The van der Waals surface area contributed by atoms with Crippen molar-refractivity contribution in [3.8, 4) is 5.75 Å². The van der Waals surface area contributed by atoms with E-state index in [9.17, 15) is 4.79 Å². The SMILES string of the molecule is CC(Nc1nc(N)c2cnn(C)c2n1)c1ccc2c(c1)NC(=O)CO2. The van der Waals surface area contributed by atoms with Crippen LogP contribution in [0.25, 0.3) is 11.0 Å². The molecule has 0 radical (unpaired) electrons. The molecule has 1 aliphatic rings. The van der Waals surface area contributed by atoms with Crippen LogP contribution in [0, 0.1) is 0 Å². The lowest BCUT2D eigenvalue weighted by Gasteiger charge is -2.21. The van der Waals surface area contributed by atoms with E-state index in [1.807, 2.05) is 25.1 Å². The Morgan fingerprint density at radius 2 is 2.24 bits per heavy atom. The van der Waals surface area contributed by atoms with Crippen LogP contribution in [-0.2, 0) is 11.8 Å². The van der Waals surface area contributed by atoms with E-state index >= 15 is 0 Å². The van der Waals surface area contributed by atoms with Gasteiger partial charge in [-0.25, -0.2) is 0 Å². The van der Waals surface area contributed by atoms with Crippen molar-refractivity contribution in [1.29, 1.82) is 0 Å². The third-order valence-corrected chi connectivity index (χ3v) is 4.10. The molecule has 4 N–H and O–H groups in total. The maximum absolute atomic E-state index is 11.5. The Balaban J connectivity index is 1.62. The molecule has 3 heterocycles. The van der Waals surface area contributed by atoms with Gasteiger partial charge in [0.1, 0.15) is 11.6 Å². The van der Waals surface area contributed by atoms with Gasteiger partial charge < -0.3 is 21.1 Å². The Hall–Kier alpha value is -3.36. The van der Waals surface area contributed by atoms with E-state index < -0.39 is 0 Å². The fraction of sp³-hybridized carbons (Fsp3) is 0.250. The number of rotatable bonds is 3. The molecule has 1 atom stereocenters. The van der Waals surface area contributed by atoms with Gasteiger partial charge in [0, 0.05) is 7.05 Å². The number of hydrogen-bond donors (Lipinski definition) is 3. The molecule has 3 aromatic rings. The van der Waals surface area contributed by atoms with Gasteiger partial charge in [0.2, 0.25) is 5.95 Å². The van der Waals surface area contributed by atoms with Crippen molar-refractivity contribution in [3.05, 3.63) is 30.0 Å². The number of aryl methyl sites for hydroxylation is 1. The Labute approximate surface area is 143 Å². The van der Waals surface area contributed by atoms with Gasteiger partial charge >= 0.3 is 0 Å². The molecule has 0 aliphatic carbocycles. The van der Waals surface area contributed by atoms with E-state index in [0.29, 0.717) is 34.2 Å². The number of hydrogen-bond acceptors (Lipinski definition) is 7. The molecule has 4 rings (SSSR count). The van der Waals surface area contributed by atoms with E-state index in [1.54, 1.807) is 17.9 Å². The van der Waals surface area contributed by atoms with Gasteiger partial charge in [-0.2, -0.15) is 15.1 Å². The Bertz CT molecular complexity index is 982. The maximum atomic E-state index is 11.5. The quantitative estimate of drug-likeness (QED) is 0.660. The van der Waals surface area contributed by atoms with E-state index in [1.165, 1.54) is 0 Å². The lowest BCUT2D eigenvalue weighted by atomic mass is 10.1. The average molecular weight is 339 g/mol. The summed E-state index contributed by atoms with van der Waals surface area (Å²) in [4.78, 5) is 20.2. The first-order valence-corrected chi connectivity index (χ1v) is 7.79. The van der Waals surface area contributed by atoms with Crippen molar-refractivity contribution in [2.24, 2.45) is 7.05 Å². The van der Waals surface area contributed by atoms with E-state index in [-0.39, 0.29) is 18.6 Å². The monoisotopic (exact) mass is 339 g/mol. The molecule has 9 heteroatoms. The van der Waals surface area contributed by atoms with Crippen molar-refractivity contribution >= 4 is 34.4 Å². The van der Waals surface area contributed by atoms with Crippen LogP contribution < -0.4 is 21.1 Å². The van der Waals surface area contributed by atoms with Crippen LogP contribution >= 0.6 is 0 Å². The van der Waals surface area contributed by atoms with Gasteiger partial charge in [0.05, 0.1) is 23.3 Å². The number of anilines is 3. The number of benzene rings is 1. The summed E-state index contributed by atoms with van der Waals surface area (Å²) in [5.41, 5.74) is 8.26. The maximum Gasteiger partial charge on any atom is 0.262 e. The number of nitrogen functional groups attached to an aromatic ring is 1. The molecule has 9 nitrogen and oxygen atoms in total. The van der Waals surface area contributed by atoms with Crippen molar-refractivity contribution < 1.29 is 9.53 Å². The number of carbonyl (C=O) groups is 1. The Morgan fingerprint density at radius 3 is 3.08 bits per heavy atom. The number of nitrogens with zero attached hydrogens (tertiary/aromatic N) is 4. The van der Waals surface area contributed by atoms with Crippen molar-refractivity contribution in [2.75, 3.05) is 23.0 Å². The Morgan fingerprint density at radius 1 is 1.40 bits per heavy atom. The molecule has 25 heavy (non-hydrogen) atoms. The first-order valence-electron chi connectivity index (χ1n) is 7.79. The number of nitrogens with two attached hydrogens (primary N) is 1. The van der Waals surface area contributed by atoms with Gasteiger partial charge in [-0.3, -0.25) is 9.48 Å². The largest absolute Gasteiger partial charge is 0.482 e. The molecule has 0 saturated carbocycles. The molecular weight excluding hydrogens is 322 g/mol. The van der Waals surface area contributed by atoms with Gasteiger partial charge in [0.25, 0.3) is 5.91 Å². The van der Waals surface area contributed by atoms with Gasteiger partial charge in [-0.1, -0.05) is 6.07 Å². The van der Waals surface area contributed by atoms with Crippen molar-refractivity contribution in [3.63, 3.8) is 0 Å². The molecule has 0 saturated heterocycles. The van der Waals surface area contributed by atoms with Gasteiger partial charge in [0.15, 0.2) is 12.3 Å². The minimum absolute atomic E-state index is 0.0397. The molecule has 128 valence electrons. The number of fused-ring (bicyclic) bond motifs is 2. The molecule has 0 fully saturated rings. The third kappa shape index (κ3) is 2.69. The van der Waals surface area contributed by atoms with E-state index in [4.69, 9.17) is 10.5 Å². The second kappa shape index (κ2) is 5.62. The molecule has 0 spiro atoms. The van der Waals surface area contributed by atoms with Gasteiger partial charge in [-0.15, -0.1) is 0 Å². The summed E-state index contributed by atoms with van der Waals surface area (Å²) in [5.74, 6) is 1.29. The molecule has 1 aromatic carbocycles. The summed E-state index contributed by atoms with van der Waals surface area (Å²) in [7, 11) is 1.80. The fourth-order valence-corrected chi connectivity index (χ4v) is 2.76. The summed E-state index contributed by atoms with van der Waals surface area (Å²) >= 11 is 0. The van der Waals surface area contributed by atoms with Crippen LogP contribution in [0.15, 0.2) is 24.4 Å². The zero-order valence-electron chi connectivity index (χ0n) is 13.8. The minimum Gasteiger partial charge on any atom is -0.482 e. The lowest BCUT2D eigenvalue weighted by molar-refractivity contribution is -0.118. The second-order valence-corrected chi connectivity index (χ2v) is 5.90. The van der Waals surface area contributed by atoms with Crippen LogP contribution in [0.4, 0.5) is 17.5 Å². The number of carbonyl (C=O) groups excluding carboxylic acids is 1. The number of amides is 1. The number of nitrogens with one attached hydrogen (secondary N) is 2. The summed E-state index contributed by atoms with van der Waals surface area (Å²) in [6.07, 6.45) is 1.64. The fourth-order valence-electron chi connectivity index (χ4n) is 2.76. The Kier molecular flexibility index (Phi) is 3.41. The van der Waals surface area contributed by atoms with E-state index in [0.717, 1.165) is 5.56 Å². The number of aromatic nitrogens is 4. The van der Waals surface area contributed by atoms with Crippen LogP contribution in [-0.4, -0.2) is 32.3 Å². The predicted molar refractivity (Wildman–Crippen MR) is 93.3 cm³/mol. The first-order chi connectivity index (χ1) is 12.0. The highest BCUT2D eigenvalue weighted by molar-refractivity contribution is 5.95. The molecular formula is C16H17N7O2. The third-order valence-electron chi connectivity index (χ3n) is 4.10. The normalized spacial score (nSPS) is 14.6. The standard InChI is InChI=1S/C16H17N7O2/c1-8(9-3-4-12-11(5-9)20-13(24)7-25-12)19-16-21-14(17)10-6-18-23(2)15(10)22-16/h3-6,8H,7H2,1-2H3,(H,20,24)(H3,17,19,21,22). The minimum atomic E-state index is -0.164. The topological polar surface area (TPSA) is 120 Å². The lowest BCUT2D eigenvalue weighted by Crippen LogP contribution is -2.25. The first kappa shape index (κ1) is 15.2. The van der Waals surface area contributed by atoms with Crippen LogP contribution in [0.5, 0.6) is 5.75 Å². The molecule has 1 aliphatic heterocycles. The second-order valence-electron chi connectivity index (χ2n) is 5.90. The highest BCUT2D eigenvalue weighted by Crippen LogP contribution is 2.31. The molecule has 0 bridgehead atoms. The number of ether oxygens (including phenoxy) is 1. The van der Waals surface area contributed by atoms with Crippen molar-refractivity contribution in [2.45, 2.75) is 13.0 Å². The average Bonchev–Trinajstić information content (AvgIpc) is 2.96. The van der Waals surface area contributed by atoms with E-state index in [2.05, 4.69) is 25.7 Å². The van der Waals surface area contributed by atoms with Crippen LogP contribution in [0.2, 0.25) is 0 Å². The zero-order valence-corrected chi connectivity index (χ0v) is 13.8. The van der Waals surface area contributed by atoms with Crippen LogP contribution in [0.3, 0.4) is 0 Å². The predicted octanol–water partition coefficient (Wildman–Crippen LogP) is 1.45. The highest BCUT2D eigenvalue weighted by Gasteiger charge is 2.18. The summed E-state index contributed by atoms with van der Waals surface area (Å²) < 4.78 is 7.02. The molecule has 1 amide bonds. The molecule has 1 unspecified atom stereocenters. The van der Waals surface area contributed by atoms with Crippen LogP contribution in [0.1, 0.15) is 18.5 Å².